The maximum Gasteiger partial charge on any atom is 0.0972 e. The van der Waals surface area contributed by atoms with Crippen molar-refractivity contribution in [3.8, 4) is 22.4 Å². The van der Waals surface area contributed by atoms with Gasteiger partial charge in [0.05, 0.1) is 22.8 Å². The van der Waals surface area contributed by atoms with Gasteiger partial charge >= 0.3 is 0 Å². The first-order chi connectivity index (χ1) is 27.3. The molecule has 1 aliphatic heterocycles. The first kappa shape index (κ1) is 31.4. The molecule has 3 heteroatoms. The topological polar surface area (TPSA) is 29.0 Å². The molecule has 258 valence electrons. The minimum atomic E-state index is 0.165. The van der Waals surface area contributed by atoms with Gasteiger partial charge in [0.1, 0.15) is 0 Å². The third kappa shape index (κ3) is 5.12. The van der Waals surface area contributed by atoms with Crippen LogP contribution < -0.4 is 4.90 Å². The third-order valence-corrected chi connectivity index (χ3v) is 11.4. The highest BCUT2D eigenvalue weighted by atomic mass is 15.2. The molecule has 10 aromatic rings. The Morgan fingerprint density at radius 1 is 0.473 bits per heavy atom. The largest absolute Gasteiger partial charge is 0.333 e. The zero-order valence-corrected chi connectivity index (χ0v) is 30.1. The average Bonchev–Trinajstić information content (AvgIpc) is 3.71. The Morgan fingerprint density at radius 3 is 1.96 bits per heavy atom. The number of nitrogens with zero attached hydrogens (tertiary/aromatic N) is 3. The number of anilines is 1. The molecule has 0 amide bonds. The molecule has 55 heavy (non-hydrogen) atoms. The lowest BCUT2D eigenvalue weighted by atomic mass is 9.85. The van der Waals surface area contributed by atoms with Crippen molar-refractivity contribution in [1.29, 1.82) is 0 Å². The molecule has 2 aromatic heterocycles. The molecule has 0 radical (unpaired) electrons. The minimum absolute atomic E-state index is 0.165. The van der Waals surface area contributed by atoms with Gasteiger partial charge in [-0.05, 0) is 85.3 Å². The van der Waals surface area contributed by atoms with Crippen LogP contribution in [0.1, 0.15) is 23.6 Å². The summed E-state index contributed by atoms with van der Waals surface area (Å²) in [6.07, 6.45) is 5.20. The molecule has 1 atom stereocenters. The number of pyridine rings is 2. The van der Waals surface area contributed by atoms with Crippen LogP contribution in [-0.4, -0.2) is 9.97 Å². The Balaban J connectivity index is 1.24. The van der Waals surface area contributed by atoms with Crippen LogP contribution in [-0.2, 0) is 0 Å². The Morgan fingerprint density at radius 2 is 1.13 bits per heavy atom. The Kier molecular flexibility index (Phi) is 7.31. The minimum Gasteiger partial charge on any atom is -0.333 e. The molecule has 0 aliphatic carbocycles. The zero-order valence-electron chi connectivity index (χ0n) is 30.1. The summed E-state index contributed by atoms with van der Waals surface area (Å²) < 4.78 is 0. The van der Waals surface area contributed by atoms with Gasteiger partial charge in [0.2, 0.25) is 0 Å². The summed E-state index contributed by atoms with van der Waals surface area (Å²) in [5.74, 6) is 0. The smallest absolute Gasteiger partial charge is 0.0972 e. The van der Waals surface area contributed by atoms with Gasteiger partial charge in [0.15, 0.2) is 0 Å². The van der Waals surface area contributed by atoms with E-state index in [1.54, 1.807) is 0 Å². The number of rotatable bonds is 5. The standard InChI is InChI=1S/C52H35N3/c1-3-14-35(15-4-1)47-30-31-48(36-16-5-2-6-17-36)55(47)39-27-28-44-45(33-39)49(41-23-11-18-34-13-7-8-20-40(34)41)42-21-9-10-22-43(42)50(44)46-29-26-38-25-24-37-19-12-32-53-51(37)52(38)54-46/h1-30,32-33,48H,31H2. The highest BCUT2D eigenvalue weighted by Gasteiger charge is 2.30. The second-order valence-corrected chi connectivity index (χ2v) is 14.4. The number of hydrogen-bond acceptors (Lipinski definition) is 3. The van der Waals surface area contributed by atoms with E-state index in [1.807, 2.05) is 12.3 Å². The molecule has 0 fully saturated rings. The van der Waals surface area contributed by atoms with Gasteiger partial charge in [-0.1, -0.05) is 164 Å². The van der Waals surface area contributed by atoms with Gasteiger partial charge in [-0.15, -0.1) is 0 Å². The van der Waals surface area contributed by atoms with Gasteiger partial charge in [-0.3, -0.25) is 4.98 Å². The molecule has 0 N–H and O–H groups in total. The van der Waals surface area contributed by atoms with Crippen LogP contribution in [0.15, 0.2) is 194 Å². The lowest BCUT2D eigenvalue weighted by molar-refractivity contribution is 0.749. The molecule has 0 bridgehead atoms. The lowest BCUT2D eigenvalue weighted by Gasteiger charge is -2.31. The normalized spacial score (nSPS) is 14.4. The molecular formula is C52H35N3. The van der Waals surface area contributed by atoms with Crippen LogP contribution in [0.4, 0.5) is 5.69 Å². The van der Waals surface area contributed by atoms with Gasteiger partial charge < -0.3 is 4.90 Å². The van der Waals surface area contributed by atoms with Crippen LogP contribution in [0.2, 0.25) is 0 Å². The summed E-state index contributed by atoms with van der Waals surface area (Å²) in [4.78, 5) is 12.8. The number of fused-ring (bicyclic) bond motifs is 6. The van der Waals surface area contributed by atoms with Crippen molar-refractivity contribution in [2.75, 3.05) is 4.90 Å². The molecule has 11 rings (SSSR count). The van der Waals surface area contributed by atoms with Crippen molar-refractivity contribution in [2.45, 2.75) is 12.5 Å². The van der Waals surface area contributed by atoms with Crippen LogP contribution in [0.5, 0.6) is 0 Å². The highest BCUT2D eigenvalue weighted by Crippen LogP contribution is 2.49. The van der Waals surface area contributed by atoms with Crippen LogP contribution in [0, 0.1) is 0 Å². The predicted octanol–water partition coefficient (Wildman–Crippen LogP) is 13.6. The Bertz CT molecular complexity index is 3130. The van der Waals surface area contributed by atoms with E-state index in [9.17, 15) is 0 Å². The first-order valence-electron chi connectivity index (χ1n) is 19.0. The van der Waals surface area contributed by atoms with E-state index >= 15 is 0 Å². The first-order valence-corrected chi connectivity index (χ1v) is 19.0. The van der Waals surface area contributed by atoms with Gasteiger partial charge in [-0.2, -0.15) is 0 Å². The monoisotopic (exact) mass is 701 g/mol. The molecule has 3 heterocycles. The van der Waals surface area contributed by atoms with E-state index < -0.39 is 0 Å². The number of aromatic nitrogens is 2. The molecule has 1 unspecified atom stereocenters. The Labute approximate surface area is 319 Å². The summed E-state index contributed by atoms with van der Waals surface area (Å²) in [7, 11) is 0. The molecule has 1 aliphatic rings. The lowest BCUT2D eigenvalue weighted by Crippen LogP contribution is -2.22. The van der Waals surface area contributed by atoms with Gasteiger partial charge in [-0.25, -0.2) is 4.98 Å². The fourth-order valence-electron chi connectivity index (χ4n) is 8.93. The van der Waals surface area contributed by atoms with Crippen molar-refractivity contribution in [1.82, 2.24) is 9.97 Å². The van der Waals surface area contributed by atoms with Crippen LogP contribution in [0.25, 0.3) is 82.2 Å². The summed E-state index contributed by atoms with van der Waals surface area (Å²) in [6.45, 7) is 0. The van der Waals surface area contributed by atoms with E-state index in [4.69, 9.17) is 9.97 Å². The summed E-state index contributed by atoms with van der Waals surface area (Å²) in [5.41, 5.74) is 11.3. The second-order valence-electron chi connectivity index (χ2n) is 14.4. The fraction of sp³-hybridized carbons (Fsp3) is 0.0385. The highest BCUT2D eigenvalue weighted by molar-refractivity contribution is 6.24. The van der Waals surface area contributed by atoms with E-state index in [0.717, 1.165) is 39.5 Å². The van der Waals surface area contributed by atoms with Crippen molar-refractivity contribution in [3.63, 3.8) is 0 Å². The molecule has 0 saturated heterocycles. The summed E-state index contributed by atoms with van der Waals surface area (Å²) in [6, 6.07) is 66.1. The molecule has 0 spiro atoms. The summed E-state index contributed by atoms with van der Waals surface area (Å²) in [5, 5.41) is 9.40. The maximum atomic E-state index is 5.45. The fourth-order valence-corrected chi connectivity index (χ4v) is 8.93. The van der Waals surface area contributed by atoms with E-state index in [1.165, 1.54) is 66.0 Å². The molecule has 3 nitrogen and oxygen atoms in total. The SMILES string of the molecule is C1=C(c2ccccc2)N(c2ccc3c(-c4ccc5ccc6cccnc6c5n4)c4ccccc4c(-c4cccc5ccccc45)c3c2)C(c2ccccc2)C1. The average molecular weight is 702 g/mol. The van der Waals surface area contributed by atoms with Gasteiger partial charge in [0.25, 0.3) is 0 Å². The van der Waals surface area contributed by atoms with Crippen molar-refractivity contribution in [3.05, 3.63) is 205 Å². The van der Waals surface area contributed by atoms with Crippen LogP contribution in [0.3, 0.4) is 0 Å². The van der Waals surface area contributed by atoms with Crippen molar-refractivity contribution in [2.24, 2.45) is 0 Å². The molecular weight excluding hydrogens is 667 g/mol. The zero-order chi connectivity index (χ0) is 36.3. The third-order valence-electron chi connectivity index (χ3n) is 11.4. The Hall–Kier alpha value is -7.10. The maximum absolute atomic E-state index is 5.45. The summed E-state index contributed by atoms with van der Waals surface area (Å²) >= 11 is 0. The quantitative estimate of drug-likeness (QED) is 0.132. The van der Waals surface area contributed by atoms with Crippen molar-refractivity contribution < 1.29 is 0 Å². The number of hydrogen-bond donors (Lipinski definition) is 0. The molecule has 0 saturated carbocycles. The van der Waals surface area contributed by atoms with E-state index in [-0.39, 0.29) is 6.04 Å². The molecule has 8 aromatic carbocycles. The van der Waals surface area contributed by atoms with Crippen molar-refractivity contribution >= 4 is 65.5 Å². The van der Waals surface area contributed by atoms with Crippen LogP contribution >= 0.6 is 0 Å². The van der Waals surface area contributed by atoms with Gasteiger partial charge in [0, 0.05) is 33.9 Å². The van der Waals surface area contributed by atoms with E-state index in [2.05, 4.69) is 187 Å². The second kappa shape index (κ2) is 12.8. The van der Waals surface area contributed by atoms with E-state index in [0.29, 0.717) is 0 Å². The predicted molar refractivity (Wildman–Crippen MR) is 231 cm³/mol. The number of benzene rings is 8.